The van der Waals surface area contributed by atoms with E-state index >= 15 is 0 Å². The lowest BCUT2D eigenvalue weighted by atomic mass is 10.1. The number of methoxy groups -OCH3 is 4. The van der Waals surface area contributed by atoms with Crippen molar-refractivity contribution in [3.63, 3.8) is 0 Å². The van der Waals surface area contributed by atoms with E-state index in [-0.39, 0.29) is 11.8 Å². The summed E-state index contributed by atoms with van der Waals surface area (Å²) in [4.78, 5) is 27.8. The lowest BCUT2D eigenvalue weighted by Crippen LogP contribution is -2.37. The molecule has 1 heterocycles. The number of fused-ring (bicyclic) bond motifs is 1. The fourth-order valence-electron chi connectivity index (χ4n) is 4.14. The van der Waals surface area contributed by atoms with Gasteiger partial charge in [0.2, 0.25) is 0 Å². The van der Waals surface area contributed by atoms with Crippen molar-refractivity contribution < 1.29 is 33.3 Å². The maximum Gasteiger partial charge on any atom is 0.263 e. The molecule has 0 radical (unpaired) electrons. The number of carbonyl (C=O) groups excluding carboxylic acids is 2. The van der Waals surface area contributed by atoms with Gasteiger partial charge in [0, 0.05) is 47.6 Å². The summed E-state index contributed by atoms with van der Waals surface area (Å²) >= 11 is 0. The number of amides is 2. The summed E-state index contributed by atoms with van der Waals surface area (Å²) in [5.41, 5.74) is 2.56. The van der Waals surface area contributed by atoms with Gasteiger partial charge in [-0.25, -0.2) is 0 Å². The second kappa shape index (κ2) is 11.1. The van der Waals surface area contributed by atoms with Gasteiger partial charge < -0.3 is 33.9 Å². The Kier molecular flexibility index (Phi) is 7.71. The number of carbonyl (C=O) groups is 2. The van der Waals surface area contributed by atoms with Gasteiger partial charge in [0.15, 0.2) is 6.10 Å². The van der Waals surface area contributed by atoms with Crippen LogP contribution >= 0.6 is 0 Å². The number of nitrogens with one attached hydrogen (secondary N) is 1. The maximum absolute atomic E-state index is 13.2. The van der Waals surface area contributed by atoms with E-state index in [0.717, 1.165) is 11.1 Å². The second-order valence-electron chi connectivity index (χ2n) is 8.51. The summed E-state index contributed by atoms with van der Waals surface area (Å²) in [6.45, 7) is 2.34. The molecular formula is C28H30N2O7. The first kappa shape index (κ1) is 25.7. The van der Waals surface area contributed by atoms with Crippen LogP contribution in [-0.4, -0.2) is 51.3 Å². The Labute approximate surface area is 215 Å². The molecule has 0 fully saturated rings. The molecule has 9 heteroatoms. The molecular weight excluding hydrogens is 476 g/mol. The van der Waals surface area contributed by atoms with Crippen LogP contribution < -0.4 is 29.0 Å². The van der Waals surface area contributed by atoms with Crippen LogP contribution in [-0.2, 0) is 17.9 Å². The van der Waals surface area contributed by atoms with Gasteiger partial charge in [-0.3, -0.25) is 9.59 Å². The fourth-order valence-corrected chi connectivity index (χ4v) is 4.14. The highest BCUT2D eigenvalue weighted by molar-refractivity contribution is 6.05. The highest BCUT2D eigenvalue weighted by atomic mass is 16.5. The van der Waals surface area contributed by atoms with Crippen molar-refractivity contribution in [2.45, 2.75) is 26.1 Å². The SMILES string of the molecule is COc1cc(OC)cc(C(=O)Nc2ccc3c(c2)CN(Cc2ccc(OC)cc2OC)C(=O)[C@H](C)O3)c1. The van der Waals surface area contributed by atoms with Gasteiger partial charge in [-0.15, -0.1) is 0 Å². The molecule has 1 N–H and O–H groups in total. The van der Waals surface area contributed by atoms with E-state index in [4.69, 9.17) is 23.7 Å². The fraction of sp³-hybridized carbons (Fsp3) is 0.286. The second-order valence-corrected chi connectivity index (χ2v) is 8.51. The average molecular weight is 507 g/mol. The number of nitrogens with zero attached hydrogens (tertiary/aromatic N) is 1. The standard InChI is InChI=1S/C28H30N2O7/c1-17-28(32)30(15-18-6-8-22(33-2)14-26(18)36-5)16-20-10-21(7-9-25(20)37-17)29-27(31)19-11-23(34-3)13-24(12-19)35-4/h6-14,17H,15-16H2,1-5H3,(H,29,31)/t17-/m0/s1. The molecule has 0 bridgehead atoms. The summed E-state index contributed by atoms with van der Waals surface area (Å²) in [5, 5.41) is 2.91. The monoisotopic (exact) mass is 506 g/mol. The average Bonchev–Trinajstić information content (AvgIpc) is 3.03. The van der Waals surface area contributed by atoms with E-state index in [1.54, 1.807) is 62.4 Å². The topological polar surface area (TPSA) is 95.6 Å². The summed E-state index contributed by atoms with van der Waals surface area (Å²) in [6, 6.07) is 15.8. The van der Waals surface area contributed by atoms with Gasteiger partial charge in [-0.1, -0.05) is 0 Å². The molecule has 1 aliphatic rings. The van der Waals surface area contributed by atoms with Gasteiger partial charge in [0.05, 0.1) is 28.4 Å². The molecule has 0 spiro atoms. The molecule has 0 unspecified atom stereocenters. The number of benzene rings is 3. The number of rotatable bonds is 8. The van der Waals surface area contributed by atoms with Crippen LogP contribution in [0.1, 0.15) is 28.4 Å². The van der Waals surface area contributed by atoms with Crippen molar-refractivity contribution in [2.24, 2.45) is 0 Å². The van der Waals surface area contributed by atoms with Crippen LogP contribution in [0.2, 0.25) is 0 Å². The predicted molar refractivity (Wildman–Crippen MR) is 138 cm³/mol. The third-order valence-electron chi connectivity index (χ3n) is 6.11. The van der Waals surface area contributed by atoms with Gasteiger partial charge in [0.25, 0.3) is 11.8 Å². The van der Waals surface area contributed by atoms with Crippen molar-refractivity contribution >= 4 is 17.5 Å². The molecule has 1 atom stereocenters. The molecule has 0 aliphatic carbocycles. The highest BCUT2D eigenvalue weighted by Gasteiger charge is 2.29. The van der Waals surface area contributed by atoms with Crippen molar-refractivity contribution in [3.05, 3.63) is 71.3 Å². The third kappa shape index (κ3) is 5.72. The molecule has 37 heavy (non-hydrogen) atoms. The first-order chi connectivity index (χ1) is 17.8. The predicted octanol–water partition coefficient (Wildman–Crippen LogP) is 4.28. The molecule has 9 nitrogen and oxygen atoms in total. The Hall–Kier alpha value is -4.40. The summed E-state index contributed by atoms with van der Waals surface area (Å²) in [7, 11) is 6.22. The van der Waals surface area contributed by atoms with Gasteiger partial charge >= 0.3 is 0 Å². The molecule has 0 aromatic heterocycles. The van der Waals surface area contributed by atoms with Crippen molar-refractivity contribution in [3.8, 4) is 28.7 Å². The quantitative estimate of drug-likeness (QED) is 0.487. The number of anilines is 1. The largest absolute Gasteiger partial charge is 0.497 e. The van der Waals surface area contributed by atoms with Crippen LogP contribution in [0, 0.1) is 0 Å². The van der Waals surface area contributed by atoms with E-state index in [1.165, 1.54) is 14.2 Å². The van der Waals surface area contributed by atoms with Gasteiger partial charge in [-0.2, -0.15) is 0 Å². The molecule has 2 amide bonds. The number of hydrogen-bond acceptors (Lipinski definition) is 7. The lowest BCUT2D eigenvalue weighted by molar-refractivity contribution is -0.138. The van der Waals surface area contributed by atoms with Gasteiger partial charge in [0.1, 0.15) is 28.7 Å². The third-order valence-corrected chi connectivity index (χ3v) is 6.11. The minimum Gasteiger partial charge on any atom is -0.497 e. The van der Waals surface area contributed by atoms with Crippen LogP contribution in [0.4, 0.5) is 5.69 Å². The summed E-state index contributed by atoms with van der Waals surface area (Å²) in [5.74, 6) is 2.43. The Morgan fingerprint density at radius 3 is 2.27 bits per heavy atom. The molecule has 3 aromatic carbocycles. The number of hydrogen-bond donors (Lipinski definition) is 1. The normalized spacial score (nSPS) is 14.7. The van der Waals surface area contributed by atoms with E-state index in [9.17, 15) is 9.59 Å². The van der Waals surface area contributed by atoms with Gasteiger partial charge in [-0.05, 0) is 49.4 Å². The Morgan fingerprint density at radius 1 is 0.919 bits per heavy atom. The zero-order valence-electron chi connectivity index (χ0n) is 21.5. The minimum atomic E-state index is -0.671. The molecule has 0 saturated carbocycles. The molecule has 0 saturated heterocycles. The van der Waals surface area contributed by atoms with E-state index in [0.29, 0.717) is 53.1 Å². The van der Waals surface area contributed by atoms with E-state index in [2.05, 4.69) is 5.32 Å². The van der Waals surface area contributed by atoms with E-state index in [1.807, 2.05) is 18.2 Å². The van der Waals surface area contributed by atoms with Crippen molar-refractivity contribution in [1.82, 2.24) is 4.90 Å². The Morgan fingerprint density at radius 2 is 1.62 bits per heavy atom. The summed E-state index contributed by atoms with van der Waals surface area (Å²) < 4.78 is 27.3. The zero-order chi connectivity index (χ0) is 26.5. The molecule has 3 aromatic rings. The van der Waals surface area contributed by atoms with Crippen LogP contribution in [0.15, 0.2) is 54.6 Å². The van der Waals surface area contributed by atoms with Crippen LogP contribution in [0.3, 0.4) is 0 Å². The molecule has 4 rings (SSSR count). The lowest BCUT2D eigenvalue weighted by Gasteiger charge is -2.23. The van der Waals surface area contributed by atoms with Crippen LogP contribution in [0.5, 0.6) is 28.7 Å². The minimum absolute atomic E-state index is 0.150. The van der Waals surface area contributed by atoms with Crippen molar-refractivity contribution in [1.29, 1.82) is 0 Å². The zero-order valence-corrected chi connectivity index (χ0v) is 21.5. The Bertz CT molecular complexity index is 1290. The number of ether oxygens (including phenoxy) is 5. The molecule has 194 valence electrons. The first-order valence-electron chi connectivity index (χ1n) is 11.7. The van der Waals surface area contributed by atoms with Crippen molar-refractivity contribution in [2.75, 3.05) is 33.8 Å². The maximum atomic E-state index is 13.2. The van der Waals surface area contributed by atoms with Crippen LogP contribution in [0.25, 0.3) is 0 Å². The first-order valence-corrected chi connectivity index (χ1v) is 11.7. The van der Waals surface area contributed by atoms with E-state index < -0.39 is 6.10 Å². The smallest absolute Gasteiger partial charge is 0.263 e. The Balaban J connectivity index is 1.58. The molecule has 1 aliphatic heterocycles. The highest BCUT2D eigenvalue weighted by Crippen LogP contribution is 2.32. The summed E-state index contributed by atoms with van der Waals surface area (Å²) in [6.07, 6.45) is -0.671.